The summed E-state index contributed by atoms with van der Waals surface area (Å²) < 4.78 is 53.7. The van der Waals surface area contributed by atoms with Crippen LogP contribution < -0.4 is 20.1 Å². The van der Waals surface area contributed by atoms with Crippen molar-refractivity contribution in [1.82, 2.24) is 9.78 Å². The summed E-state index contributed by atoms with van der Waals surface area (Å²) in [6.45, 7) is 0. The number of aryl methyl sites for hydroxylation is 1. The van der Waals surface area contributed by atoms with E-state index in [1.807, 2.05) is 0 Å². The van der Waals surface area contributed by atoms with Gasteiger partial charge in [-0.2, -0.15) is 23.5 Å². The second-order valence-corrected chi connectivity index (χ2v) is 10.0. The standard InChI is InChI=1S/C25H24F3N5O3S/c1-35-18-8-7-13(9-19(18)36-2)17-10-21(25(26,27)28)33-22(31-17)16(12-30-33)23(34)32-24-15(11-29)14-5-3-4-6-20(14)37-24/h7-9,12,17,21,31H,3-6,10H2,1-2H3,(H,32,34). The summed E-state index contributed by atoms with van der Waals surface area (Å²) in [6, 6.07) is 4.37. The van der Waals surface area contributed by atoms with Crippen molar-refractivity contribution < 1.29 is 27.4 Å². The van der Waals surface area contributed by atoms with Gasteiger partial charge < -0.3 is 20.1 Å². The van der Waals surface area contributed by atoms with E-state index in [1.54, 1.807) is 18.2 Å². The van der Waals surface area contributed by atoms with Crippen LogP contribution in [0.15, 0.2) is 24.4 Å². The number of rotatable bonds is 5. The molecule has 0 bridgehead atoms. The number of carbonyl (C=O) groups is 1. The zero-order valence-corrected chi connectivity index (χ0v) is 20.9. The first-order chi connectivity index (χ1) is 17.7. The van der Waals surface area contributed by atoms with Crippen LogP contribution in [0.5, 0.6) is 11.5 Å². The van der Waals surface area contributed by atoms with Gasteiger partial charge in [-0.15, -0.1) is 11.3 Å². The van der Waals surface area contributed by atoms with E-state index < -0.39 is 24.2 Å². The van der Waals surface area contributed by atoms with Crippen molar-refractivity contribution in [3.63, 3.8) is 0 Å². The first-order valence-corrected chi connectivity index (χ1v) is 12.6. The van der Waals surface area contributed by atoms with Gasteiger partial charge >= 0.3 is 6.18 Å². The highest BCUT2D eigenvalue weighted by Crippen LogP contribution is 2.46. The van der Waals surface area contributed by atoms with Crippen molar-refractivity contribution in [2.45, 2.75) is 50.4 Å². The number of amides is 1. The lowest BCUT2D eigenvalue weighted by Gasteiger charge is -2.34. The van der Waals surface area contributed by atoms with Gasteiger partial charge in [-0.1, -0.05) is 6.07 Å². The molecule has 0 saturated carbocycles. The Bertz CT molecular complexity index is 1390. The van der Waals surface area contributed by atoms with E-state index in [-0.39, 0.29) is 17.8 Å². The molecule has 2 unspecified atom stereocenters. The average Bonchev–Trinajstić information content (AvgIpc) is 3.47. The number of halogens is 3. The molecule has 1 aromatic carbocycles. The Morgan fingerprint density at radius 1 is 1.24 bits per heavy atom. The van der Waals surface area contributed by atoms with Crippen molar-refractivity contribution >= 4 is 28.1 Å². The minimum absolute atomic E-state index is 0.0327. The second-order valence-electron chi connectivity index (χ2n) is 8.94. The lowest BCUT2D eigenvalue weighted by Crippen LogP contribution is -2.36. The number of nitriles is 1. The first-order valence-electron chi connectivity index (χ1n) is 11.7. The summed E-state index contributed by atoms with van der Waals surface area (Å²) in [5.41, 5.74) is 1.89. The molecule has 3 aromatic rings. The van der Waals surface area contributed by atoms with Crippen LogP contribution in [0.25, 0.3) is 0 Å². The zero-order valence-electron chi connectivity index (χ0n) is 20.1. The monoisotopic (exact) mass is 531 g/mol. The molecule has 2 aromatic heterocycles. The fourth-order valence-corrected chi connectivity index (χ4v) is 6.19. The molecule has 1 aliphatic heterocycles. The van der Waals surface area contributed by atoms with Crippen molar-refractivity contribution in [2.24, 2.45) is 0 Å². The third kappa shape index (κ3) is 4.48. The number of nitrogens with zero attached hydrogens (tertiary/aromatic N) is 3. The van der Waals surface area contributed by atoms with E-state index in [9.17, 15) is 23.2 Å². The number of carbonyl (C=O) groups excluding carboxylic acids is 1. The molecule has 0 saturated heterocycles. The predicted molar refractivity (Wildman–Crippen MR) is 131 cm³/mol. The number of benzene rings is 1. The summed E-state index contributed by atoms with van der Waals surface area (Å²) in [5, 5.41) is 19.9. The van der Waals surface area contributed by atoms with Gasteiger partial charge in [-0.25, -0.2) is 4.68 Å². The van der Waals surface area contributed by atoms with E-state index >= 15 is 0 Å². The van der Waals surface area contributed by atoms with E-state index in [4.69, 9.17) is 9.47 Å². The number of anilines is 2. The summed E-state index contributed by atoms with van der Waals surface area (Å²) in [5.74, 6) is 0.169. The number of nitrogens with one attached hydrogen (secondary N) is 2. The van der Waals surface area contributed by atoms with Gasteiger partial charge in [0.2, 0.25) is 0 Å². The summed E-state index contributed by atoms with van der Waals surface area (Å²) >= 11 is 1.35. The van der Waals surface area contributed by atoms with Crippen LogP contribution in [0.3, 0.4) is 0 Å². The fraction of sp³-hybridized carbons (Fsp3) is 0.400. The molecule has 2 aliphatic rings. The van der Waals surface area contributed by atoms with Crippen molar-refractivity contribution in [1.29, 1.82) is 5.26 Å². The number of methoxy groups -OCH3 is 2. The summed E-state index contributed by atoms with van der Waals surface area (Å²) in [7, 11) is 2.92. The third-order valence-corrected chi connectivity index (χ3v) is 8.01. The molecule has 2 N–H and O–H groups in total. The first kappa shape index (κ1) is 25.0. The molecule has 8 nitrogen and oxygen atoms in total. The molecular weight excluding hydrogens is 507 g/mol. The normalized spacial score (nSPS) is 18.7. The van der Waals surface area contributed by atoms with Crippen LogP contribution in [-0.2, 0) is 12.8 Å². The second kappa shape index (κ2) is 9.63. The maximum Gasteiger partial charge on any atom is 0.410 e. The zero-order chi connectivity index (χ0) is 26.3. The molecule has 194 valence electrons. The smallest absolute Gasteiger partial charge is 0.410 e. The SMILES string of the molecule is COc1ccc(C2CC(C(F)(F)F)n3ncc(C(=O)Nc4sc5c(c4C#N)CCCC5)c3N2)cc1OC. The van der Waals surface area contributed by atoms with Crippen LogP contribution in [0.4, 0.5) is 24.0 Å². The van der Waals surface area contributed by atoms with Crippen LogP contribution >= 0.6 is 11.3 Å². The lowest BCUT2D eigenvalue weighted by molar-refractivity contribution is -0.173. The highest BCUT2D eigenvalue weighted by molar-refractivity contribution is 7.16. The average molecular weight is 532 g/mol. The molecule has 0 fully saturated rings. The number of aromatic nitrogens is 2. The number of fused-ring (bicyclic) bond motifs is 2. The molecular formula is C25H24F3N5O3S. The van der Waals surface area contributed by atoms with Gasteiger partial charge in [0.15, 0.2) is 17.5 Å². The topological polar surface area (TPSA) is 101 Å². The van der Waals surface area contributed by atoms with E-state index in [2.05, 4.69) is 21.8 Å². The summed E-state index contributed by atoms with van der Waals surface area (Å²) in [6.07, 6.45) is -0.179. The maximum absolute atomic E-state index is 14.1. The van der Waals surface area contributed by atoms with Crippen LogP contribution in [-0.4, -0.2) is 36.1 Å². The molecule has 5 rings (SSSR count). The van der Waals surface area contributed by atoms with Crippen molar-refractivity contribution in [2.75, 3.05) is 24.9 Å². The number of hydrogen-bond acceptors (Lipinski definition) is 7. The molecule has 1 aliphatic carbocycles. The molecule has 3 heterocycles. The van der Waals surface area contributed by atoms with Gasteiger partial charge in [0.25, 0.3) is 5.91 Å². The van der Waals surface area contributed by atoms with Gasteiger partial charge in [0.05, 0.1) is 32.0 Å². The Morgan fingerprint density at radius 3 is 2.70 bits per heavy atom. The summed E-state index contributed by atoms with van der Waals surface area (Å²) in [4.78, 5) is 14.4. The van der Waals surface area contributed by atoms with Crippen LogP contribution in [0.2, 0.25) is 0 Å². The molecule has 1 amide bonds. The number of alkyl halides is 3. The number of hydrogen-bond donors (Lipinski definition) is 2. The van der Waals surface area contributed by atoms with E-state index in [0.29, 0.717) is 27.6 Å². The number of ether oxygens (including phenoxy) is 2. The molecule has 37 heavy (non-hydrogen) atoms. The highest BCUT2D eigenvalue weighted by atomic mass is 32.1. The van der Waals surface area contributed by atoms with Gasteiger partial charge in [0, 0.05) is 11.3 Å². The van der Waals surface area contributed by atoms with Crippen LogP contribution in [0.1, 0.15) is 63.3 Å². The van der Waals surface area contributed by atoms with Gasteiger partial charge in [0.1, 0.15) is 22.5 Å². The van der Waals surface area contributed by atoms with E-state index in [1.165, 1.54) is 25.6 Å². The van der Waals surface area contributed by atoms with E-state index in [0.717, 1.165) is 47.0 Å². The highest BCUT2D eigenvalue weighted by Gasteiger charge is 2.47. The fourth-order valence-electron chi connectivity index (χ4n) is 4.96. The predicted octanol–water partition coefficient (Wildman–Crippen LogP) is 5.62. The molecule has 2 atom stereocenters. The minimum atomic E-state index is -4.59. The number of thiophene rings is 1. The quantitative estimate of drug-likeness (QED) is 0.443. The molecule has 12 heteroatoms. The maximum atomic E-state index is 14.1. The Hall–Kier alpha value is -3.72. The van der Waals surface area contributed by atoms with Crippen LogP contribution in [0, 0.1) is 11.3 Å². The Morgan fingerprint density at radius 2 is 2.00 bits per heavy atom. The Balaban J connectivity index is 1.49. The largest absolute Gasteiger partial charge is 0.493 e. The minimum Gasteiger partial charge on any atom is -0.493 e. The van der Waals surface area contributed by atoms with Crippen molar-refractivity contribution in [3.8, 4) is 17.6 Å². The molecule has 0 radical (unpaired) electrons. The Kier molecular flexibility index (Phi) is 6.49. The van der Waals surface area contributed by atoms with Gasteiger partial charge in [-0.05, 0) is 48.9 Å². The van der Waals surface area contributed by atoms with Crippen molar-refractivity contribution in [3.05, 3.63) is 51.5 Å². The lowest BCUT2D eigenvalue weighted by atomic mass is 9.96. The molecule has 0 spiro atoms. The third-order valence-electron chi connectivity index (χ3n) is 6.80. The Labute approximate surface area is 215 Å². The van der Waals surface area contributed by atoms with Gasteiger partial charge in [-0.3, -0.25) is 4.79 Å².